The molecule has 9 heteroatoms. The fourth-order valence-electron chi connectivity index (χ4n) is 4.75. The van der Waals surface area contributed by atoms with Crippen LogP contribution in [0.3, 0.4) is 0 Å². The lowest BCUT2D eigenvalue weighted by Gasteiger charge is -2.34. The average Bonchev–Trinajstić information content (AvgIpc) is 2.99. The molecule has 0 spiro atoms. The number of aryl methyl sites for hydroxylation is 1. The number of benzene rings is 4. The van der Waals surface area contributed by atoms with Crippen LogP contribution in [-0.4, -0.2) is 44.3 Å². The summed E-state index contributed by atoms with van der Waals surface area (Å²) in [5.74, 6) is -0.803. The topological polar surface area (TPSA) is 86.8 Å². The summed E-state index contributed by atoms with van der Waals surface area (Å²) in [7, 11) is -4.12. The highest BCUT2D eigenvalue weighted by Crippen LogP contribution is 2.27. The van der Waals surface area contributed by atoms with Gasteiger partial charge < -0.3 is 10.2 Å². The smallest absolute Gasteiger partial charge is 0.264 e. The van der Waals surface area contributed by atoms with Crippen LogP contribution in [0.15, 0.2) is 119 Å². The third kappa shape index (κ3) is 7.66. The maximum Gasteiger partial charge on any atom is 0.264 e. The molecule has 0 radical (unpaired) electrons. The maximum absolute atomic E-state index is 14.4. The molecule has 2 amide bonds. The Balaban J connectivity index is 1.80. The SMILES string of the molecule is CCNC(=O)[C@H](Cc1ccccc1)N(Cc1cccc(Br)c1)C(=O)CN(c1ccccc1C)S(=O)(=O)c1ccccc1. The van der Waals surface area contributed by atoms with E-state index in [-0.39, 0.29) is 23.8 Å². The number of carbonyl (C=O) groups excluding carboxylic acids is 2. The number of carbonyl (C=O) groups is 2. The third-order valence-corrected chi connectivity index (χ3v) is 9.13. The van der Waals surface area contributed by atoms with Crippen LogP contribution >= 0.6 is 15.9 Å². The Morgan fingerprint density at radius 3 is 2.10 bits per heavy atom. The molecule has 0 saturated carbocycles. The molecule has 0 fully saturated rings. The van der Waals surface area contributed by atoms with Crippen molar-refractivity contribution >= 4 is 43.5 Å². The van der Waals surface area contributed by atoms with Crippen molar-refractivity contribution in [1.29, 1.82) is 0 Å². The largest absolute Gasteiger partial charge is 0.355 e. The molecule has 0 aliphatic heterocycles. The van der Waals surface area contributed by atoms with Gasteiger partial charge in [0, 0.05) is 24.0 Å². The van der Waals surface area contributed by atoms with Gasteiger partial charge in [-0.05, 0) is 60.9 Å². The Bertz CT molecular complexity index is 1610. The lowest BCUT2D eigenvalue weighted by atomic mass is 10.0. The molecular formula is C33H34BrN3O4S. The van der Waals surface area contributed by atoms with Gasteiger partial charge in [-0.25, -0.2) is 8.42 Å². The molecule has 4 aromatic rings. The summed E-state index contributed by atoms with van der Waals surface area (Å²) < 4.78 is 30.0. The van der Waals surface area contributed by atoms with E-state index in [0.717, 1.165) is 19.9 Å². The summed E-state index contributed by atoms with van der Waals surface area (Å²) in [6.45, 7) is 3.64. The van der Waals surface area contributed by atoms with Crippen molar-refractivity contribution in [3.63, 3.8) is 0 Å². The number of amides is 2. The molecule has 0 unspecified atom stereocenters. The number of sulfonamides is 1. The van der Waals surface area contributed by atoms with E-state index in [1.54, 1.807) is 43.3 Å². The van der Waals surface area contributed by atoms with Crippen molar-refractivity contribution in [2.24, 2.45) is 0 Å². The highest BCUT2D eigenvalue weighted by molar-refractivity contribution is 9.10. The highest BCUT2D eigenvalue weighted by Gasteiger charge is 2.34. The molecule has 0 aromatic heterocycles. The number of rotatable bonds is 12. The van der Waals surface area contributed by atoms with Crippen LogP contribution in [0.2, 0.25) is 0 Å². The number of hydrogen-bond donors (Lipinski definition) is 1. The number of likely N-dealkylation sites (N-methyl/N-ethyl adjacent to an activating group) is 1. The Kier molecular flexibility index (Phi) is 10.5. The molecule has 4 aromatic carbocycles. The lowest BCUT2D eigenvalue weighted by molar-refractivity contribution is -0.140. The van der Waals surface area contributed by atoms with E-state index in [1.807, 2.05) is 67.6 Å². The first kappa shape index (κ1) is 31.0. The van der Waals surface area contributed by atoms with Gasteiger partial charge in [-0.3, -0.25) is 13.9 Å². The molecule has 0 aliphatic carbocycles. The summed E-state index contributed by atoms with van der Waals surface area (Å²) in [6.07, 6.45) is 0.266. The Morgan fingerprint density at radius 1 is 0.833 bits per heavy atom. The summed E-state index contributed by atoms with van der Waals surface area (Å²) in [5.41, 5.74) is 2.78. The number of para-hydroxylation sites is 1. The third-order valence-electron chi connectivity index (χ3n) is 6.86. The van der Waals surface area contributed by atoms with Gasteiger partial charge in [-0.1, -0.05) is 94.8 Å². The van der Waals surface area contributed by atoms with E-state index in [4.69, 9.17) is 0 Å². The van der Waals surface area contributed by atoms with Crippen LogP contribution in [0.4, 0.5) is 5.69 Å². The molecule has 0 bridgehead atoms. The first-order valence-corrected chi connectivity index (χ1v) is 15.9. The predicted octanol–water partition coefficient (Wildman–Crippen LogP) is 5.73. The molecule has 0 saturated heterocycles. The minimum absolute atomic E-state index is 0.0733. The van der Waals surface area contributed by atoms with Gasteiger partial charge in [0.25, 0.3) is 10.0 Å². The minimum Gasteiger partial charge on any atom is -0.355 e. The molecule has 42 heavy (non-hydrogen) atoms. The number of anilines is 1. The quantitative estimate of drug-likeness (QED) is 0.213. The summed E-state index contributed by atoms with van der Waals surface area (Å²) in [5, 5.41) is 2.87. The van der Waals surface area contributed by atoms with Gasteiger partial charge in [0.1, 0.15) is 12.6 Å². The van der Waals surface area contributed by atoms with Gasteiger partial charge in [0.15, 0.2) is 0 Å². The average molecular weight is 649 g/mol. The zero-order valence-electron chi connectivity index (χ0n) is 23.6. The van der Waals surface area contributed by atoms with E-state index in [0.29, 0.717) is 17.8 Å². The van der Waals surface area contributed by atoms with Gasteiger partial charge >= 0.3 is 0 Å². The molecule has 0 heterocycles. The van der Waals surface area contributed by atoms with E-state index in [1.165, 1.54) is 17.0 Å². The number of nitrogens with zero attached hydrogens (tertiary/aromatic N) is 2. The Labute approximate surface area is 256 Å². The monoisotopic (exact) mass is 647 g/mol. The number of halogens is 1. The Hall–Kier alpha value is -3.95. The normalized spacial score (nSPS) is 11.9. The maximum atomic E-state index is 14.4. The zero-order valence-corrected chi connectivity index (χ0v) is 26.0. The first-order valence-electron chi connectivity index (χ1n) is 13.7. The van der Waals surface area contributed by atoms with Gasteiger partial charge in [0.05, 0.1) is 10.6 Å². The fraction of sp³-hybridized carbons (Fsp3) is 0.212. The number of hydrogen-bond acceptors (Lipinski definition) is 4. The summed E-state index contributed by atoms with van der Waals surface area (Å²) in [6, 6.07) is 31.2. The molecule has 7 nitrogen and oxygen atoms in total. The van der Waals surface area contributed by atoms with Crippen LogP contribution in [0, 0.1) is 6.92 Å². The van der Waals surface area contributed by atoms with E-state index >= 15 is 0 Å². The standard InChI is InChI=1S/C33H34BrN3O4S/c1-3-35-33(39)31(22-26-14-6-4-7-15-26)36(23-27-16-12-17-28(34)21-27)32(38)24-37(30-20-11-10-13-25(30)2)42(40,41)29-18-8-5-9-19-29/h4-21,31H,3,22-24H2,1-2H3,(H,35,39)/t31-/m0/s1. The van der Waals surface area contributed by atoms with Gasteiger partial charge in [-0.2, -0.15) is 0 Å². The van der Waals surface area contributed by atoms with Crippen LogP contribution in [0.25, 0.3) is 0 Å². The molecule has 218 valence electrons. The fourth-order valence-corrected chi connectivity index (χ4v) is 6.70. The van der Waals surface area contributed by atoms with Crippen LogP contribution in [-0.2, 0) is 32.6 Å². The van der Waals surface area contributed by atoms with Crippen molar-refractivity contribution < 1.29 is 18.0 Å². The number of nitrogens with one attached hydrogen (secondary N) is 1. The van der Waals surface area contributed by atoms with Gasteiger partial charge in [-0.15, -0.1) is 0 Å². The van der Waals surface area contributed by atoms with Crippen molar-refractivity contribution in [3.05, 3.63) is 130 Å². The zero-order chi connectivity index (χ0) is 30.1. The molecular weight excluding hydrogens is 614 g/mol. The minimum atomic E-state index is -4.12. The van der Waals surface area contributed by atoms with Crippen molar-refractivity contribution in [2.45, 2.75) is 37.8 Å². The van der Waals surface area contributed by atoms with Crippen molar-refractivity contribution in [2.75, 3.05) is 17.4 Å². The molecule has 1 N–H and O–H groups in total. The van der Waals surface area contributed by atoms with Crippen LogP contribution in [0.1, 0.15) is 23.6 Å². The second kappa shape index (κ2) is 14.3. The predicted molar refractivity (Wildman–Crippen MR) is 169 cm³/mol. The lowest BCUT2D eigenvalue weighted by Crippen LogP contribution is -2.53. The summed E-state index contributed by atoms with van der Waals surface area (Å²) in [4.78, 5) is 29.5. The van der Waals surface area contributed by atoms with E-state index in [9.17, 15) is 18.0 Å². The van der Waals surface area contributed by atoms with E-state index in [2.05, 4.69) is 21.2 Å². The second-order valence-electron chi connectivity index (χ2n) is 9.86. The first-order chi connectivity index (χ1) is 20.2. The van der Waals surface area contributed by atoms with Crippen LogP contribution < -0.4 is 9.62 Å². The highest BCUT2D eigenvalue weighted by atomic mass is 79.9. The van der Waals surface area contributed by atoms with E-state index < -0.39 is 28.5 Å². The molecule has 4 rings (SSSR count). The molecule has 0 aliphatic rings. The second-order valence-corrected chi connectivity index (χ2v) is 12.6. The molecule has 1 atom stereocenters. The Morgan fingerprint density at radius 2 is 1.45 bits per heavy atom. The van der Waals surface area contributed by atoms with Crippen LogP contribution in [0.5, 0.6) is 0 Å². The van der Waals surface area contributed by atoms with Crippen molar-refractivity contribution in [3.8, 4) is 0 Å². The van der Waals surface area contributed by atoms with Crippen molar-refractivity contribution in [1.82, 2.24) is 10.2 Å². The van der Waals surface area contributed by atoms with Gasteiger partial charge in [0.2, 0.25) is 11.8 Å². The summed E-state index contributed by atoms with van der Waals surface area (Å²) >= 11 is 3.49.